The molecule has 1 heterocycles. The summed E-state index contributed by atoms with van der Waals surface area (Å²) in [7, 11) is -4.27. The van der Waals surface area contributed by atoms with Crippen LogP contribution in [0.15, 0.2) is 46.5 Å². The van der Waals surface area contributed by atoms with Crippen LogP contribution in [0.5, 0.6) is 11.5 Å². The zero-order valence-electron chi connectivity index (χ0n) is 10.5. The predicted octanol–water partition coefficient (Wildman–Crippen LogP) is 1.19. The summed E-state index contributed by atoms with van der Waals surface area (Å²) >= 11 is 0. The van der Waals surface area contributed by atoms with Gasteiger partial charge in [-0.05, 0) is 35.9 Å². The van der Waals surface area contributed by atoms with Gasteiger partial charge in [0.1, 0.15) is 10.7 Å². The van der Waals surface area contributed by atoms with E-state index in [-0.39, 0.29) is 22.2 Å². The van der Waals surface area contributed by atoms with Gasteiger partial charge in [-0.25, -0.2) is 4.98 Å². The fourth-order valence-corrected chi connectivity index (χ4v) is 1.82. The summed E-state index contributed by atoms with van der Waals surface area (Å²) < 4.78 is 30.4. The minimum absolute atomic E-state index is 0.234. The largest absolute Gasteiger partial charge is 0.504 e. The summed E-state index contributed by atoms with van der Waals surface area (Å²) in [6, 6.07) is 6.67. The van der Waals surface area contributed by atoms with Crippen LogP contribution in [0.3, 0.4) is 0 Å². The number of anilines is 1. The van der Waals surface area contributed by atoms with Crippen LogP contribution in [0.1, 0.15) is 5.56 Å². The molecule has 0 atom stereocenters. The monoisotopic (exact) mass is 309 g/mol. The number of hydrogen-bond acceptors (Lipinski definition) is 7. The van der Waals surface area contributed by atoms with E-state index in [2.05, 4.69) is 15.5 Å². The maximum absolute atomic E-state index is 10.8. The van der Waals surface area contributed by atoms with Crippen LogP contribution in [0.4, 0.5) is 5.82 Å². The van der Waals surface area contributed by atoms with E-state index in [0.29, 0.717) is 5.56 Å². The summed E-state index contributed by atoms with van der Waals surface area (Å²) in [6.45, 7) is 0. The van der Waals surface area contributed by atoms with Crippen molar-refractivity contribution in [2.75, 3.05) is 5.43 Å². The van der Waals surface area contributed by atoms with E-state index < -0.39 is 10.1 Å². The van der Waals surface area contributed by atoms with Crippen LogP contribution in [0, 0.1) is 0 Å². The van der Waals surface area contributed by atoms with Crippen molar-refractivity contribution in [3.05, 3.63) is 42.1 Å². The number of nitrogens with zero attached hydrogens (tertiary/aromatic N) is 2. The normalized spacial score (nSPS) is 11.7. The number of hydrazone groups is 1. The van der Waals surface area contributed by atoms with Crippen molar-refractivity contribution in [1.82, 2.24) is 4.98 Å². The lowest BCUT2D eigenvalue weighted by Gasteiger charge is -2.01. The fraction of sp³-hybridized carbons (Fsp3) is 0. The molecule has 0 spiro atoms. The van der Waals surface area contributed by atoms with E-state index in [4.69, 9.17) is 9.66 Å². The average Bonchev–Trinajstić information content (AvgIpc) is 2.42. The Morgan fingerprint density at radius 1 is 1.14 bits per heavy atom. The van der Waals surface area contributed by atoms with Gasteiger partial charge in [0.15, 0.2) is 11.5 Å². The second kappa shape index (κ2) is 5.77. The molecule has 9 heteroatoms. The minimum Gasteiger partial charge on any atom is -0.504 e. The summed E-state index contributed by atoms with van der Waals surface area (Å²) in [5, 5.41) is 22.3. The first-order valence-corrected chi connectivity index (χ1v) is 7.05. The Bertz CT molecular complexity index is 772. The Balaban J connectivity index is 2.05. The number of benzene rings is 1. The molecule has 1 aromatic heterocycles. The fourth-order valence-electron chi connectivity index (χ4n) is 1.39. The van der Waals surface area contributed by atoms with E-state index >= 15 is 0 Å². The van der Waals surface area contributed by atoms with Crippen molar-refractivity contribution in [1.29, 1.82) is 0 Å². The van der Waals surface area contributed by atoms with Crippen LogP contribution in [0.25, 0.3) is 0 Å². The standard InChI is InChI=1S/C12H11N3O5S/c16-10-3-1-8(5-11(10)17)6-14-15-12-4-2-9(7-13-12)21(18,19)20/h1-7,16-17H,(H,13,15)(H,18,19,20). The third-order valence-electron chi connectivity index (χ3n) is 2.43. The van der Waals surface area contributed by atoms with Crippen molar-refractivity contribution in [3.8, 4) is 11.5 Å². The van der Waals surface area contributed by atoms with Crippen molar-refractivity contribution in [3.63, 3.8) is 0 Å². The number of hydrogen-bond donors (Lipinski definition) is 4. The van der Waals surface area contributed by atoms with Crippen molar-refractivity contribution < 1.29 is 23.2 Å². The Labute approximate surface area is 120 Å². The number of aromatic hydroxyl groups is 2. The molecule has 0 amide bonds. The Kier molecular flexibility index (Phi) is 4.05. The zero-order valence-corrected chi connectivity index (χ0v) is 11.3. The molecular formula is C12H11N3O5S. The van der Waals surface area contributed by atoms with Crippen LogP contribution in [0.2, 0.25) is 0 Å². The molecule has 1 aromatic carbocycles. The third-order valence-corrected chi connectivity index (χ3v) is 3.26. The van der Waals surface area contributed by atoms with Crippen LogP contribution >= 0.6 is 0 Å². The highest BCUT2D eigenvalue weighted by Crippen LogP contribution is 2.24. The molecule has 0 bridgehead atoms. The van der Waals surface area contributed by atoms with E-state index in [1.807, 2.05) is 0 Å². The number of rotatable bonds is 4. The van der Waals surface area contributed by atoms with E-state index in [9.17, 15) is 13.5 Å². The van der Waals surface area contributed by atoms with Gasteiger partial charge in [-0.1, -0.05) is 0 Å². The van der Waals surface area contributed by atoms with Crippen molar-refractivity contribution in [2.45, 2.75) is 4.90 Å². The molecule has 0 radical (unpaired) electrons. The number of nitrogens with one attached hydrogen (secondary N) is 1. The molecule has 0 saturated carbocycles. The zero-order chi connectivity index (χ0) is 15.5. The summed E-state index contributed by atoms with van der Waals surface area (Å²) in [4.78, 5) is 3.44. The first kappa shape index (κ1) is 14.8. The van der Waals surface area contributed by atoms with E-state index in [1.54, 1.807) is 0 Å². The topological polar surface area (TPSA) is 132 Å². The van der Waals surface area contributed by atoms with Crippen LogP contribution < -0.4 is 5.43 Å². The van der Waals surface area contributed by atoms with Gasteiger partial charge in [0.05, 0.1) is 12.4 Å². The maximum Gasteiger partial charge on any atom is 0.296 e. The van der Waals surface area contributed by atoms with Gasteiger partial charge in [-0.3, -0.25) is 9.98 Å². The van der Waals surface area contributed by atoms with Gasteiger partial charge in [0, 0.05) is 0 Å². The molecule has 0 fully saturated rings. The smallest absolute Gasteiger partial charge is 0.296 e. The van der Waals surface area contributed by atoms with Gasteiger partial charge in [-0.15, -0.1) is 0 Å². The molecule has 0 aliphatic carbocycles. The predicted molar refractivity (Wildman–Crippen MR) is 75.0 cm³/mol. The minimum atomic E-state index is -4.27. The summed E-state index contributed by atoms with van der Waals surface area (Å²) in [5.41, 5.74) is 3.08. The van der Waals surface area contributed by atoms with Crippen LogP contribution in [-0.4, -0.2) is 34.4 Å². The quantitative estimate of drug-likeness (QED) is 0.288. The molecular weight excluding hydrogens is 298 g/mol. The van der Waals surface area contributed by atoms with E-state index in [0.717, 1.165) is 6.20 Å². The first-order valence-electron chi connectivity index (χ1n) is 5.61. The highest BCUT2D eigenvalue weighted by atomic mass is 32.2. The van der Waals surface area contributed by atoms with Crippen molar-refractivity contribution >= 4 is 22.2 Å². The Morgan fingerprint density at radius 2 is 1.90 bits per heavy atom. The lowest BCUT2D eigenvalue weighted by atomic mass is 10.2. The summed E-state index contributed by atoms with van der Waals surface area (Å²) in [5.74, 6) is -0.237. The lowest BCUT2D eigenvalue weighted by Crippen LogP contribution is -2.00. The molecule has 8 nitrogen and oxygen atoms in total. The second-order valence-electron chi connectivity index (χ2n) is 3.97. The Hall–Kier alpha value is -2.65. The Morgan fingerprint density at radius 3 is 2.48 bits per heavy atom. The number of aromatic nitrogens is 1. The van der Waals surface area contributed by atoms with Gasteiger partial charge < -0.3 is 10.2 Å². The van der Waals surface area contributed by atoms with Gasteiger partial charge in [-0.2, -0.15) is 13.5 Å². The lowest BCUT2D eigenvalue weighted by molar-refractivity contribution is 0.403. The number of phenols is 2. The van der Waals surface area contributed by atoms with Gasteiger partial charge in [0.25, 0.3) is 10.1 Å². The highest BCUT2D eigenvalue weighted by Gasteiger charge is 2.08. The van der Waals surface area contributed by atoms with E-state index in [1.165, 1.54) is 36.5 Å². The molecule has 0 aliphatic heterocycles. The highest BCUT2D eigenvalue weighted by molar-refractivity contribution is 7.85. The first-order chi connectivity index (χ1) is 9.86. The summed E-state index contributed by atoms with van der Waals surface area (Å²) in [6.07, 6.45) is 2.36. The number of pyridine rings is 1. The number of phenolic OH excluding ortho intramolecular Hbond substituents is 2. The molecule has 0 aliphatic rings. The molecule has 110 valence electrons. The molecule has 0 saturated heterocycles. The molecule has 2 rings (SSSR count). The second-order valence-corrected chi connectivity index (χ2v) is 5.39. The average molecular weight is 309 g/mol. The van der Waals surface area contributed by atoms with Crippen LogP contribution in [-0.2, 0) is 10.1 Å². The molecule has 4 N–H and O–H groups in total. The SMILES string of the molecule is O=S(=O)(O)c1ccc(NN=Cc2ccc(O)c(O)c2)nc1. The van der Waals surface area contributed by atoms with Crippen molar-refractivity contribution in [2.24, 2.45) is 5.10 Å². The molecule has 0 unspecified atom stereocenters. The maximum atomic E-state index is 10.8. The van der Waals surface area contributed by atoms with Gasteiger partial charge >= 0.3 is 0 Å². The molecule has 21 heavy (non-hydrogen) atoms. The van der Waals surface area contributed by atoms with Gasteiger partial charge in [0.2, 0.25) is 0 Å². The third kappa shape index (κ3) is 3.91. The molecule has 2 aromatic rings.